The molecule has 0 spiro atoms. The van der Waals surface area contributed by atoms with Crippen LogP contribution < -0.4 is 0 Å². The quantitative estimate of drug-likeness (QED) is 0.121. The summed E-state index contributed by atoms with van der Waals surface area (Å²) in [6.07, 6.45) is 0. The highest BCUT2D eigenvalue weighted by atomic mass is 32.1. The number of hydrogen-bond donors (Lipinski definition) is 0. The number of thiophene rings is 3. The van der Waals surface area contributed by atoms with E-state index >= 15 is 0 Å². The van der Waals surface area contributed by atoms with Gasteiger partial charge >= 0.3 is 0 Å². The van der Waals surface area contributed by atoms with Crippen LogP contribution in [-0.2, 0) is 0 Å². The number of hydrogen-bond acceptors (Lipinski definition) is 9. The molecule has 9 aromatic heterocycles. The molecule has 27 aromatic rings. The molecule has 0 N–H and O–H groups in total. The topological polar surface area (TPSA) is 92.1 Å². The molecule has 618 valence electrons. The van der Waals surface area contributed by atoms with E-state index in [1.807, 2.05) is 70.4 Å². The molecule has 0 saturated carbocycles. The summed E-state index contributed by atoms with van der Waals surface area (Å²) in [5.41, 5.74) is 25.7. The van der Waals surface area contributed by atoms with Gasteiger partial charge in [-0.2, -0.15) is 0 Å². The summed E-state index contributed by atoms with van der Waals surface area (Å²) in [4.78, 5) is 31.8. The molecule has 132 heavy (non-hydrogen) atoms. The van der Waals surface area contributed by atoms with Crippen LogP contribution in [0.5, 0.6) is 0 Å². The third-order valence-corrected chi connectivity index (χ3v) is 28.7. The van der Waals surface area contributed by atoms with Crippen LogP contribution in [0.3, 0.4) is 0 Å². The standard InChI is InChI=1S/3C40H25N3S/c1-4-14-26(15-5-1)31-24-36-38(30-21-11-13-23-35(30)44-36)39-37(31)29-20-10-12-22-34(29)43(39)40-41-32(27-16-6-2-7-17-27)25-33(42-40)28-18-8-3-9-19-28;1-4-14-26(15-5-1)31-24-32-29-20-10-12-22-35(29)43(38(32)37-30-21-11-13-23-36(30)44-39(31)37)40-41-33(27-16-6-2-7-17-27)25-34(42-40)28-18-8-3-9-19-28;1-4-12-26(13-5-1)29-20-21-30-31-22-23-37-38(32-18-10-11-19-36(32)44-37)39(31)43(35(30)24-29)40-41-33(27-14-6-2-7-15-27)25-34(42-40)28-16-8-3-9-17-28/h3*1-25H. The predicted octanol–water partition coefficient (Wildman–Crippen LogP) is 32.8. The smallest absolute Gasteiger partial charge is 0.235 e. The van der Waals surface area contributed by atoms with E-state index in [0.717, 1.165) is 106 Å². The first-order chi connectivity index (χ1) is 65.5. The first-order valence-electron chi connectivity index (χ1n) is 44.3. The summed E-state index contributed by atoms with van der Waals surface area (Å²) in [5, 5.41) is 14.7. The van der Waals surface area contributed by atoms with Gasteiger partial charge in [0, 0.05) is 132 Å². The summed E-state index contributed by atoms with van der Waals surface area (Å²) in [7, 11) is 0. The normalized spacial score (nSPS) is 11.6. The third-order valence-electron chi connectivity index (χ3n) is 25.3. The molecule has 0 bridgehead atoms. The Balaban J connectivity index is 0.000000106. The molecule has 18 aromatic carbocycles. The van der Waals surface area contributed by atoms with Crippen molar-refractivity contribution in [2.75, 3.05) is 0 Å². The number of fused-ring (bicyclic) bond motifs is 21. The zero-order valence-corrected chi connectivity index (χ0v) is 73.5. The highest BCUT2D eigenvalue weighted by molar-refractivity contribution is 7.27. The summed E-state index contributed by atoms with van der Waals surface area (Å²) >= 11 is 5.54. The highest BCUT2D eigenvalue weighted by Gasteiger charge is 2.29. The molecular formula is C120H75N9S3. The van der Waals surface area contributed by atoms with Gasteiger partial charge in [-0.25, -0.2) is 29.9 Å². The van der Waals surface area contributed by atoms with E-state index in [1.54, 1.807) is 0 Å². The SMILES string of the molecule is c1ccc(-c2cc(-c3ccccc3)nc(-n3c4ccccc4c4c(-c5ccccc5)cc5sc6ccccc6c5c43)n2)cc1.c1ccc(-c2cc(-c3ccccc3)nc(-n3c4ccccc4c4cc(-c5ccccc5)c5sc6ccccc6c5c43)n2)cc1.c1ccc(-c2ccc3c4ccc5sc6ccccc6c5c4n(-c4nc(-c5ccccc5)cc(-c5ccccc5)n4)c3c2)cc1. The zero-order chi connectivity index (χ0) is 87.1. The van der Waals surface area contributed by atoms with E-state index in [4.69, 9.17) is 29.9 Å². The molecule has 0 amide bonds. The van der Waals surface area contributed by atoms with Gasteiger partial charge in [-0.3, -0.25) is 13.7 Å². The van der Waals surface area contributed by atoms with Crippen LogP contribution >= 0.6 is 34.0 Å². The number of para-hydroxylation sites is 2. The van der Waals surface area contributed by atoms with Crippen molar-refractivity contribution >= 4 is 160 Å². The van der Waals surface area contributed by atoms with Gasteiger partial charge in [0.2, 0.25) is 17.8 Å². The van der Waals surface area contributed by atoms with E-state index < -0.39 is 0 Å². The van der Waals surface area contributed by atoms with Crippen molar-refractivity contribution in [3.05, 3.63) is 455 Å². The van der Waals surface area contributed by atoms with Gasteiger partial charge < -0.3 is 0 Å². The molecule has 9 heterocycles. The Morgan fingerprint density at radius 3 is 0.917 bits per heavy atom. The average Bonchev–Trinajstić information content (AvgIpc) is 1.57. The van der Waals surface area contributed by atoms with Gasteiger partial charge in [0.25, 0.3) is 0 Å². The van der Waals surface area contributed by atoms with E-state index in [2.05, 4.69) is 432 Å². The van der Waals surface area contributed by atoms with Crippen LogP contribution in [0, 0.1) is 0 Å². The molecule has 12 heteroatoms. The first kappa shape index (κ1) is 77.6. The van der Waals surface area contributed by atoms with E-state index in [1.165, 1.54) is 121 Å². The molecule has 9 nitrogen and oxygen atoms in total. The molecule has 0 aliphatic rings. The Morgan fingerprint density at radius 1 is 0.159 bits per heavy atom. The van der Waals surface area contributed by atoms with Crippen LogP contribution in [-0.4, -0.2) is 43.6 Å². The lowest BCUT2D eigenvalue weighted by Gasteiger charge is -2.13. The number of rotatable bonds is 12. The third kappa shape index (κ3) is 13.6. The van der Waals surface area contributed by atoms with Crippen LogP contribution in [0.15, 0.2) is 455 Å². The maximum atomic E-state index is 5.30. The van der Waals surface area contributed by atoms with Crippen LogP contribution in [0.25, 0.3) is 245 Å². The fourth-order valence-electron chi connectivity index (χ4n) is 19.3. The lowest BCUT2D eigenvalue weighted by atomic mass is 9.97. The van der Waals surface area contributed by atoms with Crippen LogP contribution in [0.4, 0.5) is 0 Å². The van der Waals surface area contributed by atoms with Crippen LogP contribution in [0.2, 0.25) is 0 Å². The summed E-state index contributed by atoms with van der Waals surface area (Å²) in [5.74, 6) is 2.00. The molecule has 0 saturated heterocycles. The van der Waals surface area contributed by atoms with Crippen molar-refractivity contribution in [1.29, 1.82) is 0 Å². The van der Waals surface area contributed by atoms with Crippen molar-refractivity contribution < 1.29 is 0 Å². The lowest BCUT2D eigenvalue weighted by Crippen LogP contribution is -2.04. The van der Waals surface area contributed by atoms with Gasteiger partial charge in [-0.05, 0) is 101 Å². The lowest BCUT2D eigenvalue weighted by molar-refractivity contribution is 0.998. The predicted molar refractivity (Wildman–Crippen MR) is 557 cm³/mol. The molecule has 27 rings (SSSR count). The molecule has 0 atom stereocenters. The first-order valence-corrected chi connectivity index (χ1v) is 46.7. The Kier molecular flexibility index (Phi) is 19.3. The number of benzene rings is 18. The second kappa shape index (κ2) is 32.8. The molecule has 0 aliphatic carbocycles. The second-order valence-electron chi connectivity index (χ2n) is 33.1. The Bertz CT molecular complexity index is 8820. The maximum absolute atomic E-state index is 5.30. The highest BCUT2D eigenvalue weighted by Crippen LogP contribution is 2.51. The Morgan fingerprint density at radius 2 is 0.470 bits per heavy atom. The number of aromatic nitrogens is 9. The van der Waals surface area contributed by atoms with E-state index in [9.17, 15) is 0 Å². The maximum Gasteiger partial charge on any atom is 0.235 e. The summed E-state index contributed by atoms with van der Waals surface area (Å²) in [6, 6.07) is 160. The molecule has 0 aliphatic heterocycles. The van der Waals surface area contributed by atoms with E-state index in [-0.39, 0.29) is 0 Å². The minimum Gasteiger partial charge on any atom is -0.277 e. The molecular weight excluding hydrogens is 1660 g/mol. The van der Waals surface area contributed by atoms with Gasteiger partial charge in [-0.1, -0.05) is 382 Å². The van der Waals surface area contributed by atoms with Gasteiger partial charge in [0.1, 0.15) is 0 Å². The largest absolute Gasteiger partial charge is 0.277 e. The van der Waals surface area contributed by atoms with Crippen molar-refractivity contribution in [2.24, 2.45) is 0 Å². The van der Waals surface area contributed by atoms with Crippen LogP contribution in [0.1, 0.15) is 0 Å². The minimum atomic E-state index is 0.665. The monoisotopic (exact) mass is 1740 g/mol. The summed E-state index contributed by atoms with van der Waals surface area (Å²) in [6.45, 7) is 0. The number of nitrogens with zero attached hydrogens (tertiary/aromatic N) is 9. The average molecular weight is 1740 g/mol. The van der Waals surface area contributed by atoms with E-state index in [0.29, 0.717) is 17.8 Å². The van der Waals surface area contributed by atoms with Crippen molar-refractivity contribution in [1.82, 2.24) is 43.6 Å². The molecule has 0 fully saturated rings. The fourth-order valence-corrected chi connectivity index (χ4v) is 22.8. The van der Waals surface area contributed by atoms with Crippen molar-refractivity contribution in [2.45, 2.75) is 0 Å². The second-order valence-corrected chi connectivity index (χ2v) is 36.3. The Labute approximate surface area is 771 Å². The minimum absolute atomic E-state index is 0.665. The fraction of sp³-hybridized carbons (Fsp3) is 0. The Hall–Kier alpha value is -16.7. The van der Waals surface area contributed by atoms with Gasteiger partial charge in [-0.15, -0.1) is 34.0 Å². The summed E-state index contributed by atoms with van der Waals surface area (Å²) < 4.78 is 14.5. The molecule has 0 unspecified atom stereocenters. The zero-order valence-electron chi connectivity index (χ0n) is 71.1. The van der Waals surface area contributed by atoms with Crippen molar-refractivity contribution in [3.63, 3.8) is 0 Å². The van der Waals surface area contributed by atoms with Crippen molar-refractivity contribution in [3.8, 4) is 119 Å². The van der Waals surface area contributed by atoms with Gasteiger partial charge in [0.05, 0.1) is 67.3 Å². The van der Waals surface area contributed by atoms with Gasteiger partial charge in [0.15, 0.2) is 0 Å². The molecule has 0 radical (unpaired) electrons.